The molecular weight excluding hydrogens is 360 g/mol. The largest absolute Gasteiger partial charge is 0.452 e. The summed E-state index contributed by atoms with van der Waals surface area (Å²) >= 11 is 0. The van der Waals surface area contributed by atoms with Crippen LogP contribution in [0, 0.1) is 23.0 Å². The Balaban J connectivity index is 1.97. The molecule has 2 aromatic rings. The number of aryl methyl sites for hydroxylation is 1. The molecule has 0 unspecified atom stereocenters. The highest BCUT2D eigenvalue weighted by molar-refractivity contribution is 5.91. The fourth-order valence-corrected chi connectivity index (χ4v) is 2.87. The first-order valence-corrected chi connectivity index (χ1v) is 9.04. The van der Waals surface area contributed by atoms with E-state index >= 15 is 0 Å². The molecule has 0 saturated heterocycles. The van der Waals surface area contributed by atoms with Crippen molar-refractivity contribution in [1.82, 2.24) is 5.32 Å². The molecule has 28 heavy (non-hydrogen) atoms. The standard InChI is InChI=1S/C21H24N2O5/c1-14(2)11-18(16-7-5-4-6-8-16)22-20(24)13-28-21(25)17-9-10-19(23(26)27)15(3)12-17/h4-10,12,14,18H,11,13H2,1-3H3,(H,22,24)/t18-/m1/s1. The average Bonchev–Trinajstić information content (AvgIpc) is 2.65. The molecule has 0 heterocycles. The van der Waals surface area contributed by atoms with Gasteiger partial charge in [0.2, 0.25) is 0 Å². The number of carbonyl (C=O) groups excluding carboxylic acids is 2. The molecule has 1 N–H and O–H groups in total. The highest BCUT2D eigenvalue weighted by Gasteiger charge is 2.19. The van der Waals surface area contributed by atoms with Gasteiger partial charge in [-0.2, -0.15) is 0 Å². The summed E-state index contributed by atoms with van der Waals surface area (Å²) in [6.45, 7) is 5.26. The van der Waals surface area contributed by atoms with Crippen LogP contribution >= 0.6 is 0 Å². The predicted molar refractivity (Wildman–Crippen MR) is 105 cm³/mol. The van der Waals surface area contributed by atoms with E-state index in [1.54, 1.807) is 0 Å². The van der Waals surface area contributed by atoms with Crippen molar-refractivity contribution >= 4 is 17.6 Å². The van der Waals surface area contributed by atoms with Gasteiger partial charge in [0.1, 0.15) is 0 Å². The summed E-state index contributed by atoms with van der Waals surface area (Å²) in [4.78, 5) is 34.8. The summed E-state index contributed by atoms with van der Waals surface area (Å²) in [6, 6.07) is 13.4. The van der Waals surface area contributed by atoms with Crippen LogP contribution in [0.1, 0.15) is 47.8 Å². The Bertz CT molecular complexity index is 849. The highest BCUT2D eigenvalue weighted by atomic mass is 16.6. The van der Waals surface area contributed by atoms with Crippen LogP contribution in [-0.4, -0.2) is 23.4 Å². The second kappa shape index (κ2) is 9.64. The van der Waals surface area contributed by atoms with E-state index in [0.29, 0.717) is 11.5 Å². The number of esters is 1. The number of nitrogens with one attached hydrogen (secondary N) is 1. The van der Waals surface area contributed by atoms with Gasteiger partial charge in [-0.1, -0.05) is 44.2 Å². The van der Waals surface area contributed by atoms with Crippen LogP contribution in [0.3, 0.4) is 0 Å². The molecule has 2 aromatic carbocycles. The summed E-state index contributed by atoms with van der Waals surface area (Å²) in [5, 5.41) is 13.8. The zero-order valence-electron chi connectivity index (χ0n) is 16.2. The number of nitro benzene ring substituents is 1. The molecule has 2 rings (SSSR count). The molecule has 1 atom stereocenters. The highest BCUT2D eigenvalue weighted by Crippen LogP contribution is 2.21. The zero-order valence-corrected chi connectivity index (χ0v) is 16.2. The summed E-state index contributed by atoms with van der Waals surface area (Å²) in [7, 11) is 0. The number of carbonyl (C=O) groups is 2. The fraction of sp³-hybridized carbons (Fsp3) is 0.333. The quantitative estimate of drug-likeness (QED) is 0.422. The normalized spacial score (nSPS) is 11.7. The molecule has 0 bridgehead atoms. The summed E-state index contributed by atoms with van der Waals surface area (Å²) in [5.74, 6) is -0.731. The summed E-state index contributed by atoms with van der Waals surface area (Å²) in [6.07, 6.45) is 0.755. The molecule has 0 aliphatic rings. The maximum absolute atomic E-state index is 12.3. The number of nitro groups is 1. The molecule has 0 aromatic heterocycles. The Morgan fingerprint density at radius 1 is 1.14 bits per heavy atom. The Morgan fingerprint density at radius 2 is 1.82 bits per heavy atom. The average molecular weight is 384 g/mol. The van der Waals surface area contributed by atoms with Gasteiger partial charge in [0.05, 0.1) is 16.5 Å². The lowest BCUT2D eigenvalue weighted by Crippen LogP contribution is -2.33. The van der Waals surface area contributed by atoms with Crippen LogP contribution in [0.4, 0.5) is 5.69 Å². The maximum atomic E-state index is 12.3. The van der Waals surface area contributed by atoms with Crippen molar-refractivity contribution in [2.45, 2.75) is 33.2 Å². The zero-order chi connectivity index (χ0) is 20.7. The van der Waals surface area contributed by atoms with E-state index in [1.165, 1.54) is 25.1 Å². The number of amides is 1. The van der Waals surface area contributed by atoms with Crippen LogP contribution in [-0.2, 0) is 9.53 Å². The molecule has 0 saturated carbocycles. The molecule has 148 valence electrons. The van der Waals surface area contributed by atoms with Crippen molar-refractivity contribution in [1.29, 1.82) is 0 Å². The van der Waals surface area contributed by atoms with E-state index in [0.717, 1.165) is 12.0 Å². The van der Waals surface area contributed by atoms with Crippen molar-refractivity contribution in [2.24, 2.45) is 5.92 Å². The number of rotatable bonds is 8. The SMILES string of the molecule is Cc1cc(C(=O)OCC(=O)N[C@H](CC(C)C)c2ccccc2)ccc1[N+](=O)[O-]. The second-order valence-electron chi connectivity index (χ2n) is 6.99. The maximum Gasteiger partial charge on any atom is 0.338 e. The van der Waals surface area contributed by atoms with Crippen LogP contribution in [0.25, 0.3) is 0 Å². The van der Waals surface area contributed by atoms with Gasteiger partial charge in [0.15, 0.2) is 6.61 Å². The lowest BCUT2D eigenvalue weighted by Gasteiger charge is -2.21. The van der Waals surface area contributed by atoms with Crippen LogP contribution in [0.15, 0.2) is 48.5 Å². The lowest BCUT2D eigenvalue weighted by atomic mass is 9.97. The van der Waals surface area contributed by atoms with E-state index < -0.39 is 23.4 Å². The van der Waals surface area contributed by atoms with Crippen molar-refractivity contribution in [3.05, 3.63) is 75.3 Å². The molecule has 0 spiro atoms. The van der Waals surface area contributed by atoms with Gasteiger partial charge in [-0.3, -0.25) is 14.9 Å². The van der Waals surface area contributed by atoms with Gasteiger partial charge < -0.3 is 10.1 Å². The van der Waals surface area contributed by atoms with Gasteiger partial charge in [-0.05, 0) is 37.0 Å². The predicted octanol–water partition coefficient (Wildman–Crippen LogP) is 3.96. The van der Waals surface area contributed by atoms with Crippen molar-refractivity contribution in [2.75, 3.05) is 6.61 Å². The Morgan fingerprint density at radius 3 is 2.39 bits per heavy atom. The molecular formula is C21H24N2O5. The van der Waals surface area contributed by atoms with Crippen molar-refractivity contribution in [3.63, 3.8) is 0 Å². The Hall–Kier alpha value is -3.22. The van der Waals surface area contributed by atoms with Crippen LogP contribution in [0.5, 0.6) is 0 Å². The molecule has 0 aliphatic heterocycles. The molecule has 1 amide bonds. The van der Waals surface area contributed by atoms with Crippen LogP contribution in [0.2, 0.25) is 0 Å². The minimum atomic E-state index is -0.701. The lowest BCUT2D eigenvalue weighted by molar-refractivity contribution is -0.385. The first-order valence-electron chi connectivity index (χ1n) is 9.04. The van der Waals surface area contributed by atoms with Gasteiger partial charge >= 0.3 is 5.97 Å². The molecule has 0 fully saturated rings. The third-order valence-corrected chi connectivity index (χ3v) is 4.21. The van der Waals surface area contributed by atoms with Crippen molar-refractivity contribution in [3.8, 4) is 0 Å². The van der Waals surface area contributed by atoms with Crippen LogP contribution < -0.4 is 5.32 Å². The van der Waals surface area contributed by atoms with E-state index in [1.807, 2.05) is 30.3 Å². The van der Waals surface area contributed by atoms with Gasteiger partial charge in [0.25, 0.3) is 11.6 Å². The minimum absolute atomic E-state index is 0.0753. The van der Waals surface area contributed by atoms with Gasteiger partial charge in [0, 0.05) is 11.6 Å². The fourth-order valence-electron chi connectivity index (χ4n) is 2.87. The smallest absolute Gasteiger partial charge is 0.338 e. The number of hydrogen-bond donors (Lipinski definition) is 1. The number of nitrogens with zero attached hydrogens (tertiary/aromatic N) is 1. The Labute approximate surface area is 163 Å². The summed E-state index contributed by atoms with van der Waals surface area (Å²) in [5.41, 5.74) is 1.43. The third kappa shape index (κ3) is 5.90. The van der Waals surface area contributed by atoms with E-state index in [4.69, 9.17) is 4.74 Å². The van der Waals surface area contributed by atoms with E-state index in [9.17, 15) is 19.7 Å². The monoisotopic (exact) mass is 384 g/mol. The van der Waals surface area contributed by atoms with E-state index in [2.05, 4.69) is 19.2 Å². The molecule has 0 aliphatic carbocycles. The minimum Gasteiger partial charge on any atom is -0.452 e. The molecule has 7 nitrogen and oxygen atoms in total. The summed E-state index contributed by atoms with van der Waals surface area (Å²) < 4.78 is 5.07. The third-order valence-electron chi connectivity index (χ3n) is 4.21. The Kier molecular flexibility index (Phi) is 7.26. The second-order valence-corrected chi connectivity index (χ2v) is 6.99. The van der Waals surface area contributed by atoms with Crippen molar-refractivity contribution < 1.29 is 19.2 Å². The van der Waals surface area contributed by atoms with E-state index in [-0.39, 0.29) is 17.3 Å². The number of ether oxygens (including phenoxy) is 1. The molecule has 0 radical (unpaired) electrons. The van der Waals surface area contributed by atoms with Gasteiger partial charge in [-0.25, -0.2) is 4.79 Å². The number of hydrogen-bond acceptors (Lipinski definition) is 5. The molecule has 7 heteroatoms. The van der Waals surface area contributed by atoms with Gasteiger partial charge in [-0.15, -0.1) is 0 Å². The first-order chi connectivity index (χ1) is 13.3. The first kappa shape index (κ1) is 21.1. The topological polar surface area (TPSA) is 98.5 Å². The number of benzene rings is 2.